The zero-order valence-corrected chi connectivity index (χ0v) is 24.6. The van der Waals surface area contributed by atoms with E-state index in [2.05, 4.69) is 63.5 Å². The van der Waals surface area contributed by atoms with Crippen molar-refractivity contribution in [1.29, 1.82) is 0 Å². The van der Waals surface area contributed by atoms with E-state index in [1.807, 2.05) is 36.4 Å². The van der Waals surface area contributed by atoms with Crippen LogP contribution in [-0.2, 0) is 29.4 Å². The molecule has 2 N–H and O–H groups in total. The summed E-state index contributed by atoms with van der Waals surface area (Å²) in [5, 5.41) is 9.26. The summed E-state index contributed by atoms with van der Waals surface area (Å²) in [6.07, 6.45) is 4.49. The summed E-state index contributed by atoms with van der Waals surface area (Å²) < 4.78 is 31.3. The molecule has 2 aromatic carbocycles. The normalized spacial score (nSPS) is 12.9. The first-order chi connectivity index (χ1) is 18.8. The molecule has 0 fully saturated rings. The Morgan fingerprint density at radius 1 is 1.10 bits per heavy atom. The van der Waals surface area contributed by atoms with E-state index in [0.717, 1.165) is 48.2 Å². The van der Waals surface area contributed by atoms with Crippen LogP contribution in [0, 0.1) is 0 Å². The Morgan fingerprint density at radius 2 is 1.87 bits per heavy atom. The van der Waals surface area contributed by atoms with Gasteiger partial charge in [0.05, 0.1) is 11.8 Å². The smallest absolute Gasteiger partial charge is 0.212 e. The zero-order valence-electron chi connectivity index (χ0n) is 23.0. The lowest BCUT2D eigenvalue weighted by molar-refractivity contribution is 0.304. The molecule has 0 radical (unpaired) electrons. The second kappa shape index (κ2) is 13.6. The number of benzene rings is 2. The van der Waals surface area contributed by atoms with E-state index in [-0.39, 0.29) is 5.75 Å². The minimum Gasteiger partial charge on any atom is -0.347 e. The molecule has 0 aliphatic heterocycles. The number of aromatic amines is 1. The summed E-state index contributed by atoms with van der Waals surface area (Å²) in [6.45, 7) is 9.70. The van der Waals surface area contributed by atoms with Crippen LogP contribution in [0.1, 0.15) is 62.4 Å². The molecule has 0 bridgehead atoms. The summed E-state index contributed by atoms with van der Waals surface area (Å²) in [5.74, 6) is 1.22. The van der Waals surface area contributed by atoms with Crippen LogP contribution >= 0.6 is 11.6 Å². The largest absolute Gasteiger partial charge is 0.347 e. The number of nitrogens with one attached hydrogen (secondary N) is 2. The molecule has 0 unspecified atom stereocenters. The van der Waals surface area contributed by atoms with Gasteiger partial charge >= 0.3 is 0 Å². The maximum Gasteiger partial charge on any atom is 0.212 e. The highest BCUT2D eigenvalue weighted by atomic mass is 35.5. The first-order valence-electron chi connectivity index (χ1n) is 13.8. The quantitative estimate of drug-likeness (QED) is 0.201. The molecular formula is C29H39ClN6O2S. The number of hydrogen-bond acceptors (Lipinski definition) is 5. The van der Waals surface area contributed by atoms with E-state index in [1.54, 1.807) is 0 Å². The third kappa shape index (κ3) is 7.91. The van der Waals surface area contributed by atoms with Crippen molar-refractivity contribution in [3.05, 3.63) is 82.5 Å². The van der Waals surface area contributed by atoms with Gasteiger partial charge in [-0.05, 0) is 75.1 Å². The van der Waals surface area contributed by atoms with Crippen molar-refractivity contribution in [2.24, 2.45) is 0 Å². The van der Waals surface area contributed by atoms with Gasteiger partial charge in [0.2, 0.25) is 10.0 Å². The number of hydrogen-bond donors (Lipinski definition) is 2. The van der Waals surface area contributed by atoms with Crippen LogP contribution < -0.4 is 4.72 Å². The summed E-state index contributed by atoms with van der Waals surface area (Å²) in [5.41, 5.74) is 3.34. The van der Waals surface area contributed by atoms with E-state index >= 15 is 0 Å². The number of aromatic nitrogens is 4. The Bertz CT molecular complexity index is 1450. The molecule has 2 heterocycles. The number of rotatable bonds is 15. The Labute approximate surface area is 236 Å². The molecule has 0 aliphatic rings. The van der Waals surface area contributed by atoms with Crippen molar-refractivity contribution in [2.45, 2.75) is 59.0 Å². The number of fused-ring (bicyclic) bond motifs is 1. The van der Waals surface area contributed by atoms with Crippen molar-refractivity contribution >= 4 is 32.5 Å². The van der Waals surface area contributed by atoms with Crippen LogP contribution in [0.15, 0.2) is 54.7 Å². The second-order valence-electron chi connectivity index (χ2n) is 9.81. The van der Waals surface area contributed by atoms with Gasteiger partial charge in [0.1, 0.15) is 5.82 Å². The third-order valence-corrected chi connectivity index (χ3v) is 8.87. The number of nitrogens with zero attached hydrogens (tertiary/aromatic N) is 4. The molecule has 2 aromatic heterocycles. The molecule has 0 aliphatic carbocycles. The lowest BCUT2D eigenvalue weighted by Crippen LogP contribution is -2.33. The van der Waals surface area contributed by atoms with E-state index in [4.69, 9.17) is 16.6 Å². The molecule has 10 heteroatoms. The molecule has 8 nitrogen and oxygen atoms in total. The van der Waals surface area contributed by atoms with Crippen LogP contribution in [0.5, 0.6) is 0 Å². The Hall–Kier alpha value is -2.72. The summed E-state index contributed by atoms with van der Waals surface area (Å²) >= 11 is 6.29. The summed E-state index contributed by atoms with van der Waals surface area (Å²) in [6, 6.07) is 15.5. The van der Waals surface area contributed by atoms with Crippen molar-refractivity contribution in [3.63, 3.8) is 0 Å². The molecule has 0 saturated carbocycles. The maximum atomic E-state index is 13.1. The van der Waals surface area contributed by atoms with Gasteiger partial charge in [-0.3, -0.25) is 5.10 Å². The zero-order chi connectivity index (χ0) is 27.8. The molecule has 39 heavy (non-hydrogen) atoms. The highest BCUT2D eigenvalue weighted by Gasteiger charge is 2.23. The number of sulfonamides is 1. The van der Waals surface area contributed by atoms with Crippen molar-refractivity contribution < 1.29 is 8.42 Å². The molecule has 1 atom stereocenters. The Kier molecular flexibility index (Phi) is 10.2. The molecule has 4 rings (SSSR count). The van der Waals surface area contributed by atoms with Crippen LogP contribution in [-0.4, -0.2) is 58.5 Å². The Balaban J connectivity index is 1.52. The van der Waals surface area contributed by atoms with Gasteiger partial charge in [-0.15, -0.1) is 0 Å². The fourth-order valence-electron chi connectivity index (χ4n) is 4.96. The highest BCUT2D eigenvalue weighted by Crippen LogP contribution is 2.27. The number of halogens is 1. The molecule has 210 valence electrons. The molecular weight excluding hydrogens is 532 g/mol. The van der Waals surface area contributed by atoms with Gasteiger partial charge in [0.15, 0.2) is 5.82 Å². The Morgan fingerprint density at radius 3 is 2.59 bits per heavy atom. The summed E-state index contributed by atoms with van der Waals surface area (Å²) in [4.78, 5) is 6.99. The first kappa shape index (κ1) is 29.3. The monoisotopic (exact) mass is 570 g/mol. The number of aryl methyl sites for hydroxylation is 2. The fourth-order valence-corrected chi connectivity index (χ4v) is 6.42. The average Bonchev–Trinajstić information content (AvgIpc) is 3.54. The predicted octanol–water partition coefficient (Wildman–Crippen LogP) is 5.35. The van der Waals surface area contributed by atoms with Gasteiger partial charge in [-0.2, -0.15) is 5.10 Å². The van der Waals surface area contributed by atoms with Crippen LogP contribution in [0.4, 0.5) is 0 Å². The van der Waals surface area contributed by atoms with E-state index in [1.165, 1.54) is 0 Å². The minimum atomic E-state index is -3.51. The van der Waals surface area contributed by atoms with Crippen LogP contribution in [0.25, 0.3) is 10.9 Å². The van der Waals surface area contributed by atoms with Gasteiger partial charge < -0.3 is 9.47 Å². The highest BCUT2D eigenvalue weighted by molar-refractivity contribution is 7.89. The third-order valence-electron chi connectivity index (χ3n) is 7.16. The minimum absolute atomic E-state index is 0.0730. The van der Waals surface area contributed by atoms with Crippen molar-refractivity contribution in [3.8, 4) is 0 Å². The average molecular weight is 571 g/mol. The summed E-state index contributed by atoms with van der Waals surface area (Å²) in [7, 11) is -3.51. The van der Waals surface area contributed by atoms with Crippen LogP contribution in [0.2, 0.25) is 5.02 Å². The lowest BCUT2D eigenvalue weighted by atomic mass is 10.1. The molecule has 0 amide bonds. The van der Waals surface area contributed by atoms with Gasteiger partial charge in [0, 0.05) is 35.1 Å². The standard InChI is InChI=1S/C29H39ClN6O2S/c1-4-35(5-2)17-10-18-39(37,38)34-26(15-13-22-11-8-7-9-12-22)29-31-28(32-33-29)19-23-21-36(6-3)27-16-14-24(30)20-25(23)27/h7-9,11-12,14,16,20-21,26,34H,4-6,10,13,15,17-19H2,1-3H3,(H,31,32,33)/t26-/m1/s1. The van der Waals surface area contributed by atoms with Gasteiger partial charge in [-0.1, -0.05) is 55.8 Å². The van der Waals surface area contributed by atoms with Crippen molar-refractivity contribution in [1.82, 2.24) is 29.4 Å². The lowest BCUT2D eigenvalue weighted by Gasteiger charge is -2.19. The maximum absolute atomic E-state index is 13.1. The second-order valence-corrected chi connectivity index (χ2v) is 12.1. The number of H-pyrrole nitrogens is 1. The molecule has 4 aromatic rings. The van der Waals surface area contributed by atoms with E-state index in [0.29, 0.717) is 42.4 Å². The fraction of sp³-hybridized carbons (Fsp3) is 0.448. The van der Waals surface area contributed by atoms with Gasteiger partial charge in [-0.25, -0.2) is 18.1 Å². The first-order valence-corrected chi connectivity index (χ1v) is 15.8. The van der Waals surface area contributed by atoms with Crippen LogP contribution in [0.3, 0.4) is 0 Å². The topological polar surface area (TPSA) is 95.9 Å². The van der Waals surface area contributed by atoms with Crippen molar-refractivity contribution in [2.75, 3.05) is 25.4 Å². The molecule has 0 spiro atoms. The molecule has 0 saturated heterocycles. The predicted molar refractivity (Wildman–Crippen MR) is 159 cm³/mol. The SMILES string of the molecule is CCN(CC)CCCS(=O)(=O)N[C@H](CCc1ccccc1)c1nc(Cc2cn(CC)c3ccc(Cl)cc23)n[nH]1. The van der Waals surface area contributed by atoms with Gasteiger partial charge in [0.25, 0.3) is 0 Å². The van der Waals surface area contributed by atoms with E-state index < -0.39 is 16.1 Å². The van der Waals surface area contributed by atoms with E-state index in [9.17, 15) is 8.42 Å².